The van der Waals surface area contributed by atoms with Crippen molar-refractivity contribution >= 4 is 17.2 Å². The summed E-state index contributed by atoms with van der Waals surface area (Å²) in [4.78, 5) is 14.4. The van der Waals surface area contributed by atoms with Crippen LogP contribution in [-0.2, 0) is 6.54 Å². The average molecular weight is 273 g/mol. The predicted molar refractivity (Wildman–Crippen MR) is 75.3 cm³/mol. The zero-order valence-corrected chi connectivity index (χ0v) is 11.3. The number of amides is 1. The third kappa shape index (κ3) is 2.79. The van der Waals surface area contributed by atoms with E-state index in [1.807, 2.05) is 10.3 Å². The first-order valence-electron chi connectivity index (χ1n) is 6.35. The Labute approximate surface area is 116 Å². The molecule has 1 aliphatic carbocycles. The van der Waals surface area contributed by atoms with E-state index in [0.29, 0.717) is 18.2 Å². The number of thiophene rings is 1. The first-order chi connectivity index (χ1) is 9.24. The van der Waals surface area contributed by atoms with Crippen LogP contribution >= 0.6 is 11.3 Å². The highest BCUT2D eigenvalue weighted by Gasteiger charge is 2.33. The van der Waals surface area contributed by atoms with Gasteiger partial charge in [-0.15, -0.1) is 0 Å². The number of rotatable bonds is 4. The lowest BCUT2D eigenvalue weighted by molar-refractivity contribution is 0.0729. The van der Waals surface area contributed by atoms with Gasteiger partial charge < -0.3 is 10.0 Å². The molecule has 98 valence electrons. The Balaban J connectivity index is 1.82. The number of carbonyl (C=O) groups is 1. The summed E-state index contributed by atoms with van der Waals surface area (Å²) in [5.74, 6) is 0.140. The molecule has 1 amide bonds. The molecule has 1 aromatic heterocycles. The molecule has 1 N–H and O–H groups in total. The zero-order valence-electron chi connectivity index (χ0n) is 10.5. The Bertz CT molecular complexity index is 576. The van der Waals surface area contributed by atoms with Gasteiger partial charge in [0.05, 0.1) is 0 Å². The zero-order chi connectivity index (χ0) is 13.2. The van der Waals surface area contributed by atoms with Crippen LogP contribution in [0.3, 0.4) is 0 Å². The largest absolute Gasteiger partial charge is 0.508 e. The lowest BCUT2D eigenvalue weighted by Crippen LogP contribution is -2.32. The summed E-state index contributed by atoms with van der Waals surface area (Å²) < 4.78 is 0. The quantitative estimate of drug-likeness (QED) is 0.929. The van der Waals surface area contributed by atoms with Crippen molar-refractivity contribution in [3.05, 3.63) is 52.2 Å². The fourth-order valence-corrected chi connectivity index (χ4v) is 2.80. The number of phenols is 1. The summed E-state index contributed by atoms with van der Waals surface area (Å²) in [6.45, 7) is 0.655. The summed E-state index contributed by atoms with van der Waals surface area (Å²) in [7, 11) is 0. The van der Waals surface area contributed by atoms with E-state index in [-0.39, 0.29) is 11.7 Å². The van der Waals surface area contributed by atoms with Crippen LogP contribution in [-0.4, -0.2) is 22.0 Å². The topological polar surface area (TPSA) is 40.5 Å². The van der Waals surface area contributed by atoms with E-state index in [1.54, 1.807) is 29.5 Å². The van der Waals surface area contributed by atoms with Crippen LogP contribution in [0.2, 0.25) is 0 Å². The molecule has 0 spiro atoms. The highest BCUT2D eigenvalue weighted by Crippen LogP contribution is 2.30. The molecule has 3 nitrogen and oxygen atoms in total. The third-order valence-electron chi connectivity index (χ3n) is 3.27. The molecule has 1 aromatic carbocycles. The summed E-state index contributed by atoms with van der Waals surface area (Å²) >= 11 is 1.65. The van der Waals surface area contributed by atoms with Crippen LogP contribution in [0.1, 0.15) is 28.8 Å². The number of benzene rings is 1. The van der Waals surface area contributed by atoms with E-state index in [1.165, 1.54) is 11.6 Å². The first-order valence-corrected chi connectivity index (χ1v) is 7.29. The Morgan fingerprint density at radius 1 is 1.37 bits per heavy atom. The molecule has 19 heavy (non-hydrogen) atoms. The van der Waals surface area contributed by atoms with Crippen molar-refractivity contribution in [3.8, 4) is 5.75 Å². The molecule has 2 aromatic rings. The lowest BCUT2D eigenvalue weighted by atomic mass is 10.1. The van der Waals surface area contributed by atoms with Gasteiger partial charge in [0.25, 0.3) is 5.91 Å². The van der Waals surface area contributed by atoms with Crippen LogP contribution in [0.25, 0.3) is 0 Å². The van der Waals surface area contributed by atoms with E-state index in [0.717, 1.165) is 12.8 Å². The van der Waals surface area contributed by atoms with Crippen LogP contribution in [0.15, 0.2) is 41.1 Å². The van der Waals surface area contributed by atoms with Gasteiger partial charge >= 0.3 is 0 Å². The summed E-state index contributed by atoms with van der Waals surface area (Å²) in [6, 6.07) is 8.98. The molecule has 1 heterocycles. The Morgan fingerprint density at radius 2 is 2.21 bits per heavy atom. The second-order valence-corrected chi connectivity index (χ2v) is 5.63. The standard InChI is InChI=1S/C15H15NO2S/c17-14-3-1-2-12(8-14)15(18)16(13-4-5-13)9-11-6-7-19-10-11/h1-3,6-8,10,13,17H,4-5,9H2. The Morgan fingerprint density at radius 3 is 2.84 bits per heavy atom. The number of carbonyl (C=O) groups excluding carboxylic acids is 1. The average Bonchev–Trinajstić information content (AvgIpc) is 3.12. The van der Waals surface area contributed by atoms with Crippen LogP contribution in [0.4, 0.5) is 0 Å². The molecule has 1 fully saturated rings. The van der Waals surface area contributed by atoms with E-state index >= 15 is 0 Å². The highest BCUT2D eigenvalue weighted by atomic mass is 32.1. The number of phenolic OH excluding ortho intramolecular Hbond substituents is 1. The van der Waals surface area contributed by atoms with Crippen molar-refractivity contribution in [2.45, 2.75) is 25.4 Å². The van der Waals surface area contributed by atoms with E-state index in [2.05, 4.69) is 11.4 Å². The molecular formula is C15H15NO2S. The van der Waals surface area contributed by atoms with Crippen molar-refractivity contribution in [2.75, 3.05) is 0 Å². The van der Waals surface area contributed by atoms with E-state index in [9.17, 15) is 9.90 Å². The fourth-order valence-electron chi connectivity index (χ4n) is 2.14. The SMILES string of the molecule is O=C(c1cccc(O)c1)N(Cc1ccsc1)C1CC1. The van der Waals surface area contributed by atoms with E-state index in [4.69, 9.17) is 0 Å². The maximum atomic E-state index is 12.5. The molecule has 0 radical (unpaired) electrons. The second-order valence-electron chi connectivity index (χ2n) is 4.85. The minimum absolute atomic E-state index is 0.00426. The molecular weight excluding hydrogens is 258 g/mol. The first kappa shape index (κ1) is 12.2. The molecule has 0 aliphatic heterocycles. The Hall–Kier alpha value is -1.81. The number of hydrogen-bond acceptors (Lipinski definition) is 3. The maximum absolute atomic E-state index is 12.5. The molecule has 1 aliphatic rings. The summed E-state index contributed by atoms with van der Waals surface area (Å²) in [5, 5.41) is 13.6. The minimum atomic E-state index is 0.00426. The Kier molecular flexibility index (Phi) is 3.25. The van der Waals surface area contributed by atoms with Gasteiger partial charge in [0.2, 0.25) is 0 Å². The van der Waals surface area contributed by atoms with Gasteiger partial charge in [-0.25, -0.2) is 0 Å². The molecule has 3 rings (SSSR count). The number of aromatic hydroxyl groups is 1. The normalized spacial score (nSPS) is 14.3. The van der Waals surface area contributed by atoms with Gasteiger partial charge in [0.1, 0.15) is 5.75 Å². The smallest absolute Gasteiger partial charge is 0.254 e. The fraction of sp³-hybridized carbons (Fsp3) is 0.267. The highest BCUT2D eigenvalue weighted by molar-refractivity contribution is 7.07. The molecule has 0 unspecified atom stereocenters. The van der Waals surface area contributed by atoms with Gasteiger partial charge in [0, 0.05) is 18.2 Å². The number of nitrogens with zero attached hydrogens (tertiary/aromatic N) is 1. The summed E-state index contributed by atoms with van der Waals surface area (Å²) in [5.41, 5.74) is 1.73. The van der Waals surface area contributed by atoms with E-state index < -0.39 is 0 Å². The lowest BCUT2D eigenvalue weighted by Gasteiger charge is -2.22. The van der Waals surface area contributed by atoms with Gasteiger partial charge in [0.15, 0.2) is 0 Å². The van der Waals surface area contributed by atoms with Crippen LogP contribution in [0.5, 0.6) is 5.75 Å². The monoisotopic (exact) mass is 273 g/mol. The number of hydrogen-bond donors (Lipinski definition) is 1. The second kappa shape index (κ2) is 5.05. The van der Waals surface area contributed by atoms with Gasteiger partial charge in [-0.2, -0.15) is 11.3 Å². The molecule has 0 bridgehead atoms. The van der Waals surface area contributed by atoms with Crippen molar-refractivity contribution in [2.24, 2.45) is 0 Å². The molecule has 0 atom stereocenters. The van der Waals surface area contributed by atoms with Gasteiger partial charge in [-0.1, -0.05) is 6.07 Å². The van der Waals surface area contributed by atoms with Gasteiger partial charge in [-0.05, 0) is 53.4 Å². The predicted octanol–water partition coefficient (Wildman–Crippen LogP) is 3.26. The third-order valence-corrected chi connectivity index (χ3v) is 4.01. The van der Waals surface area contributed by atoms with Crippen molar-refractivity contribution in [3.63, 3.8) is 0 Å². The minimum Gasteiger partial charge on any atom is -0.508 e. The molecule has 1 saturated carbocycles. The summed E-state index contributed by atoms with van der Waals surface area (Å²) in [6.07, 6.45) is 2.16. The van der Waals surface area contributed by atoms with Gasteiger partial charge in [-0.3, -0.25) is 4.79 Å². The van der Waals surface area contributed by atoms with Crippen LogP contribution in [0, 0.1) is 0 Å². The maximum Gasteiger partial charge on any atom is 0.254 e. The van der Waals surface area contributed by atoms with Crippen molar-refractivity contribution in [1.82, 2.24) is 4.90 Å². The van der Waals surface area contributed by atoms with Crippen molar-refractivity contribution < 1.29 is 9.90 Å². The molecule has 0 saturated heterocycles. The van der Waals surface area contributed by atoms with Crippen molar-refractivity contribution in [1.29, 1.82) is 0 Å². The van der Waals surface area contributed by atoms with Crippen LogP contribution < -0.4 is 0 Å². The molecule has 4 heteroatoms.